The van der Waals surface area contributed by atoms with Crippen molar-refractivity contribution >= 4 is 11.9 Å². The molecule has 0 aliphatic carbocycles. The third kappa shape index (κ3) is 4.70. The van der Waals surface area contributed by atoms with Crippen molar-refractivity contribution in [3.05, 3.63) is 70.8 Å². The number of nitriles is 1. The Labute approximate surface area is 153 Å². The lowest BCUT2D eigenvalue weighted by Crippen LogP contribution is -2.45. The first-order valence-electron chi connectivity index (χ1n) is 8.45. The van der Waals surface area contributed by atoms with Crippen LogP contribution < -0.4 is 5.32 Å². The highest BCUT2D eigenvalue weighted by atomic mass is 16.5. The van der Waals surface area contributed by atoms with Gasteiger partial charge in [-0.1, -0.05) is 50.2 Å². The molecule has 0 saturated carbocycles. The Kier molecular flexibility index (Phi) is 6.51. The molecular formula is C21H22N2O3. The standard InChI is InChI=1S/C21H22N2O3/c1-14(2)19(23-20(24)18-11-7-4-8-15(18)3)21(25)26-13-17-10-6-5-9-16(17)12-22/h4-11,14,19H,13H2,1-3H3,(H,23,24)/t19-/m0/s1. The van der Waals surface area contributed by atoms with Gasteiger partial charge in [-0.15, -0.1) is 0 Å². The maximum absolute atomic E-state index is 12.5. The molecular weight excluding hydrogens is 328 g/mol. The van der Waals surface area contributed by atoms with E-state index >= 15 is 0 Å². The van der Waals surface area contributed by atoms with Gasteiger partial charge in [0.25, 0.3) is 5.91 Å². The number of benzene rings is 2. The quantitative estimate of drug-likeness (QED) is 0.810. The predicted octanol–water partition coefficient (Wildman–Crippen LogP) is 3.36. The SMILES string of the molecule is Cc1ccccc1C(=O)N[C@H](C(=O)OCc1ccccc1C#N)C(C)C. The van der Waals surface area contributed by atoms with Crippen molar-refractivity contribution in [1.29, 1.82) is 5.26 Å². The molecule has 0 aromatic heterocycles. The van der Waals surface area contributed by atoms with E-state index in [1.165, 1.54) is 0 Å². The predicted molar refractivity (Wildman–Crippen MR) is 98.2 cm³/mol. The van der Waals surface area contributed by atoms with Crippen molar-refractivity contribution in [1.82, 2.24) is 5.32 Å². The number of hydrogen-bond acceptors (Lipinski definition) is 4. The number of esters is 1. The molecule has 0 unspecified atom stereocenters. The summed E-state index contributed by atoms with van der Waals surface area (Å²) in [6.45, 7) is 5.52. The van der Waals surface area contributed by atoms with Crippen LogP contribution in [0.3, 0.4) is 0 Å². The summed E-state index contributed by atoms with van der Waals surface area (Å²) in [5, 5.41) is 11.9. The van der Waals surface area contributed by atoms with E-state index in [1.54, 1.807) is 36.4 Å². The Bertz CT molecular complexity index is 837. The van der Waals surface area contributed by atoms with E-state index < -0.39 is 12.0 Å². The number of hydrogen-bond donors (Lipinski definition) is 1. The second kappa shape index (κ2) is 8.82. The topological polar surface area (TPSA) is 79.2 Å². The van der Waals surface area contributed by atoms with Crippen LogP contribution in [0.4, 0.5) is 0 Å². The van der Waals surface area contributed by atoms with Crippen LogP contribution in [0.25, 0.3) is 0 Å². The van der Waals surface area contributed by atoms with Crippen molar-refractivity contribution in [3.8, 4) is 6.07 Å². The number of ether oxygens (including phenoxy) is 1. The van der Waals surface area contributed by atoms with Crippen molar-refractivity contribution < 1.29 is 14.3 Å². The number of nitrogens with one attached hydrogen (secondary N) is 1. The maximum atomic E-state index is 12.5. The molecule has 0 aliphatic rings. The van der Waals surface area contributed by atoms with Crippen molar-refractivity contribution in [3.63, 3.8) is 0 Å². The van der Waals surface area contributed by atoms with Crippen LogP contribution in [0, 0.1) is 24.2 Å². The number of carbonyl (C=O) groups is 2. The van der Waals surface area contributed by atoms with Crippen LogP contribution in [0.15, 0.2) is 48.5 Å². The number of rotatable bonds is 6. The number of nitrogens with zero attached hydrogens (tertiary/aromatic N) is 1. The third-order valence-electron chi connectivity index (χ3n) is 4.10. The largest absolute Gasteiger partial charge is 0.459 e. The van der Waals surface area contributed by atoms with Gasteiger partial charge in [-0.05, 0) is 30.5 Å². The molecule has 1 atom stereocenters. The zero-order valence-electron chi connectivity index (χ0n) is 15.2. The number of aryl methyl sites for hydroxylation is 1. The van der Waals surface area contributed by atoms with E-state index in [-0.39, 0.29) is 18.4 Å². The van der Waals surface area contributed by atoms with E-state index in [9.17, 15) is 9.59 Å². The maximum Gasteiger partial charge on any atom is 0.329 e. The molecule has 134 valence electrons. The van der Waals surface area contributed by atoms with Crippen LogP contribution >= 0.6 is 0 Å². The Morgan fingerprint density at radius 2 is 1.77 bits per heavy atom. The lowest BCUT2D eigenvalue weighted by molar-refractivity contribution is -0.148. The highest BCUT2D eigenvalue weighted by molar-refractivity contribution is 5.98. The summed E-state index contributed by atoms with van der Waals surface area (Å²) in [6, 6.07) is 15.4. The average molecular weight is 350 g/mol. The van der Waals surface area contributed by atoms with Gasteiger partial charge in [-0.2, -0.15) is 5.26 Å². The molecule has 0 heterocycles. The minimum Gasteiger partial charge on any atom is -0.459 e. The normalized spacial score (nSPS) is 11.5. The van der Waals surface area contributed by atoms with E-state index in [2.05, 4.69) is 11.4 Å². The summed E-state index contributed by atoms with van der Waals surface area (Å²) in [7, 11) is 0. The Morgan fingerprint density at radius 3 is 2.42 bits per heavy atom. The van der Waals surface area contributed by atoms with Crippen LogP contribution in [0.5, 0.6) is 0 Å². The molecule has 0 radical (unpaired) electrons. The molecule has 5 heteroatoms. The molecule has 2 aromatic carbocycles. The molecule has 26 heavy (non-hydrogen) atoms. The molecule has 2 rings (SSSR count). The second-order valence-electron chi connectivity index (χ2n) is 6.39. The summed E-state index contributed by atoms with van der Waals surface area (Å²) in [6.07, 6.45) is 0. The second-order valence-corrected chi connectivity index (χ2v) is 6.39. The van der Waals surface area contributed by atoms with E-state index in [1.807, 2.05) is 32.9 Å². The van der Waals surface area contributed by atoms with E-state index in [4.69, 9.17) is 10.00 Å². The molecule has 0 spiro atoms. The fraction of sp³-hybridized carbons (Fsp3) is 0.286. The van der Waals surface area contributed by atoms with Gasteiger partial charge >= 0.3 is 5.97 Å². The van der Waals surface area contributed by atoms with Gasteiger partial charge in [0.15, 0.2) is 0 Å². The summed E-state index contributed by atoms with van der Waals surface area (Å²) in [4.78, 5) is 25.0. The Hall–Kier alpha value is -3.13. The molecule has 2 aromatic rings. The summed E-state index contributed by atoms with van der Waals surface area (Å²) >= 11 is 0. The summed E-state index contributed by atoms with van der Waals surface area (Å²) < 4.78 is 5.36. The summed E-state index contributed by atoms with van der Waals surface area (Å²) in [5.74, 6) is -0.965. The van der Waals surface area contributed by atoms with Crippen molar-refractivity contribution in [2.24, 2.45) is 5.92 Å². The van der Waals surface area contributed by atoms with Crippen LogP contribution in [-0.2, 0) is 16.1 Å². The number of amides is 1. The molecule has 0 fully saturated rings. The lowest BCUT2D eigenvalue weighted by Gasteiger charge is -2.21. The minimum atomic E-state index is -0.767. The van der Waals surface area contributed by atoms with E-state index in [0.29, 0.717) is 16.7 Å². The fourth-order valence-corrected chi connectivity index (χ4v) is 2.54. The van der Waals surface area contributed by atoms with Gasteiger partial charge in [-0.25, -0.2) is 4.79 Å². The summed E-state index contributed by atoms with van der Waals surface area (Å²) in [5.41, 5.74) is 2.46. The van der Waals surface area contributed by atoms with Gasteiger partial charge in [0, 0.05) is 11.1 Å². The molecule has 5 nitrogen and oxygen atoms in total. The zero-order valence-corrected chi connectivity index (χ0v) is 15.2. The third-order valence-corrected chi connectivity index (χ3v) is 4.10. The van der Waals surface area contributed by atoms with Crippen LogP contribution in [0.2, 0.25) is 0 Å². The lowest BCUT2D eigenvalue weighted by atomic mass is 10.0. The van der Waals surface area contributed by atoms with Crippen molar-refractivity contribution in [2.45, 2.75) is 33.4 Å². The molecule has 0 aliphatic heterocycles. The Morgan fingerprint density at radius 1 is 1.12 bits per heavy atom. The van der Waals surface area contributed by atoms with Gasteiger partial charge in [-0.3, -0.25) is 4.79 Å². The van der Waals surface area contributed by atoms with Gasteiger partial charge < -0.3 is 10.1 Å². The van der Waals surface area contributed by atoms with Crippen LogP contribution in [0.1, 0.15) is 40.9 Å². The highest BCUT2D eigenvalue weighted by Gasteiger charge is 2.26. The fourth-order valence-electron chi connectivity index (χ4n) is 2.54. The first kappa shape index (κ1) is 19.2. The molecule has 1 N–H and O–H groups in total. The monoisotopic (exact) mass is 350 g/mol. The molecule has 0 bridgehead atoms. The van der Waals surface area contributed by atoms with Gasteiger partial charge in [0.1, 0.15) is 12.6 Å². The van der Waals surface area contributed by atoms with Crippen molar-refractivity contribution in [2.75, 3.05) is 0 Å². The Balaban J connectivity index is 2.07. The zero-order chi connectivity index (χ0) is 19.1. The first-order chi connectivity index (χ1) is 12.4. The molecule has 1 amide bonds. The van der Waals surface area contributed by atoms with E-state index in [0.717, 1.165) is 5.56 Å². The first-order valence-corrected chi connectivity index (χ1v) is 8.45. The molecule has 0 saturated heterocycles. The highest BCUT2D eigenvalue weighted by Crippen LogP contribution is 2.13. The van der Waals surface area contributed by atoms with Gasteiger partial charge in [0.05, 0.1) is 11.6 Å². The van der Waals surface area contributed by atoms with Gasteiger partial charge in [0.2, 0.25) is 0 Å². The minimum absolute atomic E-state index is 0.00791. The van der Waals surface area contributed by atoms with Crippen LogP contribution in [-0.4, -0.2) is 17.9 Å². The smallest absolute Gasteiger partial charge is 0.329 e. The average Bonchev–Trinajstić information content (AvgIpc) is 2.64. The number of carbonyl (C=O) groups excluding carboxylic acids is 2.